The lowest BCUT2D eigenvalue weighted by atomic mass is 10.0. The maximum atomic E-state index is 11.8. The molecular weight excluding hydrogens is 544 g/mol. The molecule has 0 aromatic rings. The summed E-state index contributed by atoms with van der Waals surface area (Å²) >= 11 is 0. The Morgan fingerprint density at radius 1 is 0.364 bits per heavy atom. The van der Waals surface area contributed by atoms with Crippen LogP contribution in [0.25, 0.3) is 0 Å². The van der Waals surface area contributed by atoms with Crippen molar-refractivity contribution >= 4 is 11.9 Å². The molecule has 0 rings (SSSR count). The van der Waals surface area contributed by atoms with Crippen LogP contribution in [0.2, 0.25) is 0 Å². The van der Waals surface area contributed by atoms with Gasteiger partial charge in [0.2, 0.25) is 0 Å². The van der Waals surface area contributed by atoms with Gasteiger partial charge in [0.05, 0.1) is 13.2 Å². The summed E-state index contributed by atoms with van der Waals surface area (Å²) in [6, 6.07) is 0. The Balaban J connectivity index is 3.34. The second-order valence-corrected chi connectivity index (χ2v) is 14.2. The van der Waals surface area contributed by atoms with Gasteiger partial charge in [-0.2, -0.15) is 0 Å². The summed E-state index contributed by atoms with van der Waals surface area (Å²) in [5.74, 6) is 0.798. The predicted octanol–water partition coefficient (Wildman–Crippen LogP) is 12.9. The van der Waals surface area contributed by atoms with E-state index >= 15 is 0 Å². The summed E-state index contributed by atoms with van der Waals surface area (Å²) in [7, 11) is 0. The lowest BCUT2D eigenvalue weighted by Crippen LogP contribution is -2.06. The van der Waals surface area contributed by atoms with E-state index in [9.17, 15) is 9.59 Å². The molecular formula is C40H76O4. The van der Waals surface area contributed by atoms with Crippen molar-refractivity contribution in [2.75, 3.05) is 13.2 Å². The van der Waals surface area contributed by atoms with Gasteiger partial charge in [-0.1, -0.05) is 195 Å². The smallest absolute Gasteiger partial charge is 0.331 e. The van der Waals surface area contributed by atoms with E-state index in [-0.39, 0.29) is 0 Å². The van der Waals surface area contributed by atoms with Gasteiger partial charge in [0.25, 0.3) is 0 Å². The zero-order valence-corrected chi connectivity index (χ0v) is 30.2. The Hall–Kier alpha value is -1.32. The van der Waals surface area contributed by atoms with Crippen LogP contribution in [0.1, 0.15) is 207 Å². The highest BCUT2D eigenvalue weighted by molar-refractivity contribution is 5.91. The number of hydrogen-bond acceptors (Lipinski definition) is 4. The predicted molar refractivity (Wildman–Crippen MR) is 190 cm³/mol. The third kappa shape index (κ3) is 36.9. The average Bonchev–Trinajstić information content (AvgIpc) is 2.99. The van der Waals surface area contributed by atoms with Gasteiger partial charge in [0.1, 0.15) is 0 Å². The number of unbranched alkanes of at least 4 members (excludes halogenated alkanes) is 24. The van der Waals surface area contributed by atoms with Crippen molar-refractivity contribution in [2.24, 2.45) is 11.8 Å². The van der Waals surface area contributed by atoms with Crippen LogP contribution in [0.5, 0.6) is 0 Å². The quantitative estimate of drug-likeness (QED) is 0.0408. The fourth-order valence-corrected chi connectivity index (χ4v) is 5.78. The zero-order valence-electron chi connectivity index (χ0n) is 30.2. The summed E-state index contributed by atoms with van der Waals surface area (Å²) < 4.78 is 10.4. The van der Waals surface area contributed by atoms with Crippen molar-refractivity contribution in [1.29, 1.82) is 0 Å². The topological polar surface area (TPSA) is 52.6 Å². The Kier molecular flexibility index (Phi) is 33.5. The molecule has 0 fully saturated rings. The summed E-state index contributed by atoms with van der Waals surface area (Å²) in [5, 5.41) is 0. The van der Waals surface area contributed by atoms with E-state index in [0.717, 1.165) is 37.5 Å². The normalized spacial score (nSPS) is 11.7. The first-order valence-electron chi connectivity index (χ1n) is 19.4. The van der Waals surface area contributed by atoms with Gasteiger partial charge in [-0.25, -0.2) is 9.59 Å². The number of hydrogen-bond donors (Lipinski definition) is 0. The largest absolute Gasteiger partial charge is 0.463 e. The van der Waals surface area contributed by atoms with E-state index < -0.39 is 11.9 Å². The number of ether oxygens (including phenoxy) is 2. The molecule has 4 nitrogen and oxygen atoms in total. The van der Waals surface area contributed by atoms with Crippen molar-refractivity contribution in [3.8, 4) is 0 Å². The summed E-state index contributed by atoms with van der Waals surface area (Å²) in [5.41, 5.74) is 0. The number of carbonyl (C=O) groups is 2. The first-order chi connectivity index (χ1) is 21.4. The summed E-state index contributed by atoms with van der Waals surface area (Å²) in [4.78, 5) is 23.6. The van der Waals surface area contributed by atoms with E-state index in [1.807, 2.05) is 0 Å². The first-order valence-corrected chi connectivity index (χ1v) is 19.4. The number of esters is 2. The van der Waals surface area contributed by atoms with Crippen molar-refractivity contribution < 1.29 is 19.1 Å². The third-order valence-corrected chi connectivity index (χ3v) is 8.70. The van der Waals surface area contributed by atoms with Gasteiger partial charge >= 0.3 is 11.9 Å². The molecule has 0 aliphatic heterocycles. The highest BCUT2D eigenvalue weighted by atomic mass is 16.5. The van der Waals surface area contributed by atoms with E-state index in [1.165, 1.54) is 166 Å². The second-order valence-electron chi connectivity index (χ2n) is 14.2. The summed E-state index contributed by atoms with van der Waals surface area (Å²) in [6.45, 7) is 10.1. The van der Waals surface area contributed by atoms with Crippen LogP contribution in [0, 0.1) is 11.8 Å². The summed E-state index contributed by atoms with van der Waals surface area (Å²) in [6.07, 6.45) is 39.0. The SMILES string of the molecule is CC(C)CCCCCCCCCCCCCCCOC(=O)/C=C/C(=O)OCCCCCCCCCCCCCCCC(C)C. The van der Waals surface area contributed by atoms with Crippen LogP contribution >= 0.6 is 0 Å². The molecule has 0 saturated heterocycles. The first kappa shape index (κ1) is 42.7. The fourth-order valence-electron chi connectivity index (χ4n) is 5.78. The molecule has 0 aromatic heterocycles. The van der Waals surface area contributed by atoms with Crippen molar-refractivity contribution in [2.45, 2.75) is 207 Å². The number of carbonyl (C=O) groups excluding carboxylic acids is 2. The molecule has 0 spiro atoms. The van der Waals surface area contributed by atoms with Gasteiger partial charge < -0.3 is 9.47 Å². The second kappa shape index (κ2) is 34.6. The Bertz CT molecular complexity index is 585. The van der Waals surface area contributed by atoms with Gasteiger partial charge in [-0.05, 0) is 24.7 Å². The minimum atomic E-state index is -0.455. The van der Waals surface area contributed by atoms with E-state index in [4.69, 9.17) is 9.47 Å². The Morgan fingerprint density at radius 3 is 0.795 bits per heavy atom. The molecule has 260 valence electrons. The molecule has 0 radical (unpaired) electrons. The minimum absolute atomic E-state index is 0.425. The molecule has 0 aliphatic rings. The van der Waals surface area contributed by atoms with Crippen LogP contribution in [0.3, 0.4) is 0 Å². The van der Waals surface area contributed by atoms with Gasteiger partial charge in [0.15, 0.2) is 0 Å². The third-order valence-electron chi connectivity index (χ3n) is 8.70. The van der Waals surface area contributed by atoms with Crippen molar-refractivity contribution in [1.82, 2.24) is 0 Å². The van der Waals surface area contributed by atoms with Gasteiger partial charge in [-0.3, -0.25) is 0 Å². The molecule has 0 amide bonds. The zero-order chi connectivity index (χ0) is 32.4. The molecule has 0 heterocycles. The molecule has 0 unspecified atom stereocenters. The molecule has 0 atom stereocenters. The Labute approximate surface area is 275 Å². The monoisotopic (exact) mass is 621 g/mol. The molecule has 0 N–H and O–H groups in total. The van der Waals surface area contributed by atoms with Gasteiger partial charge in [0, 0.05) is 12.2 Å². The van der Waals surface area contributed by atoms with Gasteiger partial charge in [-0.15, -0.1) is 0 Å². The maximum absolute atomic E-state index is 11.8. The standard InChI is InChI=1S/C40H76O4/c1-37(2)31-27-23-19-15-11-7-5-9-13-17-21-25-29-35-43-39(41)33-34-40(42)44-36-30-26-22-18-14-10-6-8-12-16-20-24-28-32-38(3)4/h33-34,37-38H,5-32,35-36H2,1-4H3/b34-33+. The van der Waals surface area contributed by atoms with Crippen LogP contribution in [-0.2, 0) is 19.1 Å². The lowest BCUT2D eigenvalue weighted by Gasteiger charge is -2.05. The minimum Gasteiger partial charge on any atom is -0.463 e. The molecule has 0 saturated carbocycles. The van der Waals surface area contributed by atoms with E-state index in [0.29, 0.717) is 13.2 Å². The van der Waals surface area contributed by atoms with E-state index in [1.54, 1.807) is 0 Å². The Morgan fingerprint density at radius 2 is 0.568 bits per heavy atom. The van der Waals surface area contributed by atoms with Crippen LogP contribution in [-0.4, -0.2) is 25.2 Å². The van der Waals surface area contributed by atoms with Crippen molar-refractivity contribution in [3.05, 3.63) is 12.2 Å². The molecule has 0 aliphatic carbocycles. The van der Waals surface area contributed by atoms with Crippen LogP contribution < -0.4 is 0 Å². The molecule has 4 heteroatoms. The molecule has 44 heavy (non-hydrogen) atoms. The van der Waals surface area contributed by atoms with Crippen molar-refractivity contribution in [3.63, 3.8) is 0 Å². The molecule has 0 bridgehead atoms. The van der Waals surface area contributed by atoms with Crippen LogP contribution in [0.15, 0.2) is 12.2 Å². The fraction of sp³-hybridized carbons (Fsp3) is 0.900. The highest BCUT2D eigenvalue weighted by Crippen LogP contribution is 2.16. The lowest BCUT2D eigenvalue weighted by molar-refractivity contribution is -0.140. The number of rotatable bonds is 34. The molecule has 0 aromatic carbocycles. The maximum Gasteiger partial charge on any atom is 0.331 e. The average molecular weight is 621 g/mol. The van der Waals surface area contributed by atoms with Crippen LogP contribution in [0.4, 0.5) is 0 Å². The van der Waals surface area contributed by atoms with E-state index in [2.05, 4.69) is 27.7 Å². The highest BCUT2D eigenvalue weighted by Gasteiger charge is 2.02.